The van der Waals surface area contributed by atoms with Gasteiger partial charge in [-0.05, 0) is 23.1 Å². The zero-order valence-electron chi connectivity index (χ0n) is 10.7. The highest BCUT2D eigenvalue weighted by atomic mass is 32.2. The number of nitrogens with one attached hydrogen (secondary N) is 1. The molecule has 0 aromatic carbocycles. The Morgan fingerprint density at radius 3 is 2.74 bits per heavy atom. The van der Waals surface area contributed by atoms with Crippen LogP contribution >= 0.6 is 11.3 Å². The standard InChI is InChI=1S/C12H15N3O2S2/c1-15(2)19(16,17)14-9-10-5-3-7-13-12(10)11-6-4-8-18-11/h3-8,14H,9H2,1-2H3. The van der Waals surface area contributed by atoms with E-state index in [-0.39, 0.29) is 6.54 Å². The molecule has 0 spiro atoms. The van der Waals surface area contributed by atoms with Gasteiger partial charge in [0.05, 0.1) is 10.6 Å². The molecule has 0 atom stereocenters. The molecular formula is C12H15N3O2S2. The first-order chi connectivity index (χ1) is 9.00. The summed E-state index contributed by atoms with van der Waals surface area (Å²) in [6.07, 6.45) is 1.71. The molecule has 2 aromatic heterocycles. The van der Waals surface area contributed by atoms with E-state index >= 15 is 0 Å². The minimum absolute atomic E-state index is 0.224. The molecule has 0 aliphatic rings. The molecule has 0 saturated carbocycles. The van der Waals surface area contributed by atoms with E-state index in [0.29, 0.717) is 0 Å². The van der Waals surface area contributed by atoms with E-state index in [4.69, 9.17) is 0 Å². The summed E-state index contributed by atoms with van der Waals surface area (Å²) in [7, 11) is -0.439. The summed E-state index contributed by atoms with van der Waals surface area (Å²) < 4.78 is 27.1. The Balaban J connectivity index is 2.23. The smallest absolute Gasteiger partial charge is 0.255 e. The lowest BCUT2D eigenvalue weighted by Crippen LogP contribution is -2.35. The molecule has 0 bridgehead atoms. The second kappa shape index (κ2) is 5.79. The molecule has 0 unspecified atom stereocenters. The minimum atomic E-state index is -3.42. The van der Waals surface area contributed by atoms with Crippen molar-refractivity contribution < 1.29 is 8.42 Å². The van der Waals surface area contributed by atoms with Gasteiger partial charge in [-0.15, -0.1) is 11.3 Å². The zero-order valence-corrected chi connectivity index (χ0v) is 12.3. The number of hydrogen-bond donors (Lipinski definition) is 1. The van der Waals surface area contributed by atoms with Crippen LogP contribution in [-0.2, 0) is 16.8 Å². The van der Waals surface area contributed by atoms with Crippen molar-refractivity contribution in [2.45, 2.75) is 6.54 Å². The molecule has 19 heavy (non-hydrogen) atoms. The molecule has 0 aliphatic carbocycles. The Morgan fingerprint density at radius 1 is 1.32 bits per heavy atom. The van der Waals surface area contributed by atoms with E-state index in [9.17, 15) is 8.42 Å². The van der Waals surface area contributed by atoms with Gasteiger partial charge in [0.2, 0.25) is 0 Å². The van der Waals surface area contributed by atoms with Gasteiger partial charge >= 0.3 is 0 Å². The first-order valence-corrected chi connectivity index (χ1v) is 7.97. The van der Waals surface area contributed by atoms with Crippen molar-refractivity contribution in [1.82, 2.24) is 14.0 Å². The van der Waals surface area contributed by atoms with Gasteiger partial charge in [0, 0.05) is 26.8 Å². The first-order valence-electron chi connectivity index (χ1n) is 5.65. The van der Waals surface area contributed by atoms with Gasteiger partial charge < -0.3 is 0 Å². The number of nitrogens with zero attached hydrogens (tertiary/aromatic N) is 2. The average molecular weight is 297 g/mol. The molecule has 5 nitrogen and oxygen atoms in total. The summed E-state index contributed by atoms with van der Waals surface area (Å²) in [6.45, 7) is 0.224. The Bertz CT molecular complexity index is 637. The van der Waals surface area contributed by atoms with Crippen molar-refractivity contribution in [3.63, 3.8) is 0 Å². The van der Waals surface area contributed by atoms with Crippen molar-refractivity contribution >= 4 is 21.5 Å². The Morgan fingerprint density at radius 2 is 2.11 bits per heavy atom. The van der Waals surface area contributed by atoms with Crippen LogP contribution in [0.15, 0.2) is 35.8 Å². The zero-order chi connectivity index (χ0) is 13.9. The van der Waals surface area contributed by atoms with Crippen LogP contribution in [0.3, 0.4) is 0 Å². The summed E-state index contributed by atoms with van der Waals surface area (Å²) in [5.74, 6) is 0. The van der Waals surface area contributed by atoms with Crippen molar-refractivity contribution in [3.8, 4) is 10.6 Å². The molecular weight excluding hydrogens is 282 g/mol. The van der Waals surface area contributed by atoms with Crippen LogP contribution in [0.4, 0.5) is 0 Å². The predicted molar refractivity (Wildman–Crippen MR) is 77.0 cm³/mol. The summed E-state index contributed by atoms with van der Waals surface area (Å²) in [5, 5.41) is 1.97. The second-order valence-corrected chi connectivity index (χ2v) is 7.01. The van der Waals surface area contributed by atoms with Gasteiger partial charge in [0.25, 0.3) is 10.2 Å². The molecule has 0 radical (unpaired) electrons. The highest BCUT2D eigenvalue weighted by Crippen LogP contribution is 2.25. The van der Waals surface area contributed by atoms with E-state index in [1.165, 1.54) is 14.1 Å². The molecule has 2 rings (SSSR count). The summed E-state index contributed by atoms with van der Waals surface area (Å²) in [5.41, 5.74) is 1.68. The third-order valence-electron chi connectivity index (χ3n) is 2.57. The monoisotopic (exact) mass is 297 g/mol. The lowest BCUT2D eigenvalue weighted by atomic mass is 10.2. The average Bonchev–Trinajstić information content (AvgIpc) is 2.90. The van der Waals surface area contributed by atoms with Crippen LogP contribution in [0.5, 0.6) is 0 Å². The maximum Gasteiger partial charge on any atom is 0.279 e. The molecule has 2 heterocycles. The van der Waals surface area contributed by atoms with Crippen molar-refractivity contribution in [1.29, 1.82) is 0 Å². The third-order valence-corrected chi connectivity index (χ3v) is 4.92. The van der Waals surface area contributed by atoms with Gasteiger partial charge in [-0.3, -0.25) is 4.98 Å². The summed E-state index contributed by atoms with van der Waals surface area (Å²) in [4.78, 5) is 5.36. The fourth-order valence-electron chi connectivity index (χ4n) is 1.51. The van der Waals surface area contributed by atoms with Crippen LogP contribution in [-0.4, -0.2) is 31.8 Å². The lowest BCUT2D eigenvalue weighted by Gasteiger charge is -2.13. The van der Waals surface area contributed by atoms with Gasteiger partial charge in [-0.2, -0.15) is 17.4 Å². The van der Waals surface area contributed by atoms with Crippen LogP contribution in [0.1, 0.15) is 5.56 Å². The second-order valence-electron chi connectivity index (χ2n) is 4.10. The highest BCUT2D eigenvalue weighted by Gasteiger charge is 2.14. The van der Waals surface area contributed by atoms with Gasteiger partial charge in [-0.1, -0.05) is 12.1 Å². The third kappa shape index (κ3) is 3.38. The molecule has 0 fully saturated rings. The number of rotatable bonds is 5. The van der Waals surface area contributed by atoms with Crippen LogP contribution < -0.4 is 4.72 Å². The highest BCUT2D eigenvalue weighted by molar-refractivity contribution is 7.87. The van der Waals surface area contributed by atoms with Gasteiger partial charge in [0.15, 0.2) is 0 Å². The molecule has 0 saturated heterocycles. The van der Waals surface area contributed by atoms with Crippen LogP contribution in [0.25, 0.3) is 10.6 Å². The molecule has 102 valence electrons. The van der Waals surface area contributed by atoms with Gasteiger partial charge in [-0.25, -0.2) is 0 Å². The minimum Gasteiger partial charge on any atom is -0.255 e. The Kier molecular flexibility index (Phi) is 4.31. The number of thiophene rings is 1. The first kappa shape index (κ1) is 14.1. The SMILES string of the molecule is CN(C)S(=O)(=O)NCc1cccnc1-c1cccs1. The molecule has 0 aliphatic heterocycles. The van der Waals surface area contributed by atoms with E-state index < -0.39 is 10.2 Å². The number of aromatic nitrogens is 1. The fraction of sp³-hybridized carbons (Fsp3) is 0.250. The van der Waals surface area contributed by atoms with E-state index in [0.717, 1.165) is 20.4 Å². The van der Waals surface area contributed by atoms with Crippen molar-refractivity contribution in [3.05, 3.63) is 41.4 Å². The molecule has 7 heteroatoms. The lowest BCUT2D eigenvalue weighted by molar-refractivity contribution is 0.505. The Labute approximate surface area is 117 Å². The van der Waals surface area contributed by atoms with Gasteiger partial charge in [0.1, 0.15) is 0 Å². The van der Waals surface area contributed by atoms with Crippen molar-refractivity contribution in [2.24, 2.45) is 0 Å². The maximum absolute atomic E-state index is 11.7. The molecule has 0 amide bonds. The Hall–Kier alpha value is -1.28. The number of hydrogen-bond acceptors (Lipinski definition) is 4. The van der Waals surface area contributed by atoms with E-state index in [2.05, 4.69) is 9.71 Å². The molecule has 2 aromatic rings. The topological polar surface area (TPSA) is 62.3 Å². The summed E-state index contributed by atoms with van der Waals surface area (Å²) >= 11 is 1.58. The largest absolute Gasteiger partial charge is 0.279 e. The van der Waals surface area contributed by atoms with Crippen LogP contribution in [0.2, 0.25) is 0 Å². The van der Waals surface area contributed by atoms with Crippen molar-refractivity contribution in [2.75, 3.05) is 14.1 Å². The summed E-state index contributed by atoms with van der Waals surface area (Å²) in [6, 6.07) is 7.59. The fourth-order valence-corrected chi connectivity index (χ4v) is 2.87. The predicted octanol–water partition coefficient (Wildman–Crippen LogP) is 1.71. The quantitative estimate of drug-likeness (QED) is 0.914. The maximum atomic E-state index is 11.7. The number of pyridine rings is 1. The normalized spacial score (nSPS) is 11.9. The van der Waals surface area contributed by atoms with E-state index in [1.807, 2.05) is 23.6 Å². The van der Waals surface area contributed by atoms with E-state index in [1.54, 1.807) is 23.6 Å². The van der Waals surface area contributed by atoms with Crippen LogP contribution in [0, 0.1) is 0 Å². The molecule has 1 N–H and O–H groups in total.